The van der Waals surface area contributed by atoms with Gasteiger partial charge < -0.3 is 5.32 Å². The fourth-order valence-electron chi connectivity index (χ4n) is 3.93. The molecule has 1 aromatic carbocycles. The quantitative estimate of drug-likeness (QED) is 0.522. The predicted molar refractivity (Wildman–Crippen MR) is 84.4 cm³/mol. The van der Waals surface area contributed by atoms with Gasteiger partial charge in [-0.25, -0.2) is 0 Å². The van der Waals surface area contributed by atoms with Gasteiger partial charge >= 0.3 is 0 Å². The molecule has 5 heteroatoms. The Bertz CT molecular complexity index is 676. The molecule has 1 aromatic rings. The largest absolute Gasteiger partial charge is 0.361 e. The number of carbonyl (C=O) groups is 1. The van der Waals surface area contributed by atoms with Crippen molar-refractivity contribution in [3.63, 3.8) is 0 Å². The van der Waals surface area contributed by atoms with Gasteiger partial charge in [-0.15, -0.1) is 0 Å². The number of fused-ring (bicyclic) bond motifs is 2. The Morgan fingerprint density at radius 3 is 2.41 bits per heavy atom. The predicted octanol–water partition coefficient (Wildman–Crippen LogP) is 3.92. The van der Waals surface area contributed by atoms with Crippen molar-refractivity contribution in [3.05, 3.63) is 46.2 Å². The fourth-order valence-corrected chi connectivity index (χ4v) is 3.93. The van der Waals surface area contributed by atoms with Gasteiger partial charge in [0.1, 0.15) is 0 Å². The zero-order chi connectivity index (χ0) is 16.1. The number of hydrogen-bond acceptors (Lipinski definition) is 4. The lowest BCUT2D eigenvalue weighted by atomic mass is 9.70. The molecule has 2 aliphatic rings. The highest BCUT2D eigenvalue weighted by Crippen LogP contribution is 2.65. The van der Waals surface area contributed by atoms with Gasteiger partial charge in [0.2, 0.25) is 0 Å². The van der Waals surface area contributed by atoms with Gasteiger partial charge in [-0.3, -0.25) is 14.9 Å². The number of rotatable bonds is 3. The summed E-state index contributed by atoms with van der Waals surface area (Å²) in [5.41, 5.74) is 1.39. The Labute approximate surface area is 129 Å². The van der Waals surface area contributed by atoms with Crippen molar-refractivity contribution in [3.8, 4) is 0 Å². The molecule has 2 aliphatic carbocycles. The Hall–Kier alpha value is -2.17. The van der Waals surface area contributed by atoms with Gasteiger partial charge in [0, 0.05) is 35.0 Å². The SMILES string of the molecule is CC1(C)[C@@H]2CC[C@]1(C)C(=O)/C2=C\Nc1ccc([N+](=O)[O-])cc1. The average molecular weight is 300 g/mol. The molecule has 22 heavy (non-hydrogen) atoms. The lowest BCUT2D eigenvalue weighted by Gasteiger charge is -2.31. The molecule has 3 rings (SSSR count). The lowest BCUT2D eigenvalue weighted by molar-refractivity contribution is -0.384. The van der Waals surface area contributed by atoms with E-state index in [2.05, 4.69) is 26.1 Å². The van der Waals surface area contributed by atoms with Crippen LogP contribution in [-0.2, 0) is 4.79 Å². The summed E-state index contributed by atoms with van der Waals surface area (Å²) in [6.45, 7) is 6.42. The van der Waals surface area contributed by atoms with Crippen LogP contribution in [0.4, 0.5) is 11.4 Å². The molecule has 0 amide bonds. The van der Waals surface area contributed by atoms with Crippen LogP contribution in [0, 0.1) is 26.9 Å². The highest BCUT2D eigenvalue weighted by Gasteiger charge is 2.63. The Morgan fingerprint density at radius 2 is 1.91 bits per heavy atom. The topological polar surface area (TPSA) is 72.2 Å². The number of carbonyl (C=O) groups excluding carboxylic acids is 1. The molecule has 0 radical (unpaired) electrons. The minimum atomic E-state index is -0.426. The Kier molecular flexibility index (Phi) is 3.13. The molecular formula is C17H20N2O3. The number of benzene rings is 1. The number of hydrogen-bond donors (Lipinski definition) is 1. The van der Waals surface area contributed by atoms with Gasteiger partial charge in [-0.05, 0) is 36.3 Å². The Morgan fingerprint density at radius 1 is 1.27 bits per heavy atom. The summed E-state index contributed by atoms with van der Waals surface area (Å²) in [6.07, 6.45) is 3.79. The first-order chi connectivity index (χ1) is 10.3. The molecule has 2 bridgehead atoms. The molecule has 0 saturated heterocycles. The second-order valence-electron chi connectivity index (χ2n) is 7.02. The number of ketones is 1. The number of anilines is 1. The van der Waals surface area contributed by atoms with E-state index >= 15 is 0 Å². The third-order valence-corrected chi connectivity index (χ3v) is 5.84. The van der Waals surface area contributed by atoms with E-state index in [-0.39, 0.29) is 28.2 Å². The van der Waals surface area contributed by atoms with Crippen LogP contribution < -0.4 is 5.32 Å². The second-order valence-corrected chi connectivity index (χ2v) is 7.02. The van der Waals surface area contributed by atoms with Crippen LogP contribution in [0.2, 0.25) is 0 Å². The molecule has 1 N–H and O–H groups in total. The van der Waals surface area contributed by atoms with Crippen molar-refractivity contribution in [2.75, 3.05) is 5.32 Å². The van der Waals surface area contributed by atoms with Gasteiger partial charge in [-0.2, -0.15) is 0 Å². The average Bonchev–Trinajstić information content (AvgIpc) is 2.78. The van der Waals surface area contributed by atoms with Crippen LogP contribution in [0.1, 0.15) is 33.6 Å². The summed E-state index contributed by atoms with van der Waals surface area (Å²) in [5.74, 6) is 0.527. The summed E-state index contributed by atoms with van der Waals surface area (Å²) in [6, 6.07) is 6.21. The molecule has 0 unspecified atom stereocenters. The van der Waals surface area contributed by atoms with Crippen molar-refractivity contribution < 1.29 is 9.72 Å². The number of nitrogens with one attached hydrogen (secondary N) is 1. The van der Waals surface area contributed by atoms with Crippen molar-refractivity contribution in [1.29, 1.82) is 0 Å². The van der Waals surface area contributed by atoms with Crippen LogP contribution in [0.15, 0.2) is 36.0 Å². The third-order valence-electron chi connectivity index (χ3n) is 5.84. The fraction of sp³-hybridized carbons (Fsp3) is 0.471. The minimum Gasteiger partial charge on any atom is -0.361 e. The van der Waals surface area contributed by atoms with Crippen molar-refractivity contribution in [2.45, 2.75) is 33.6 Å². The van der Waals surface area contributed by atoms with E-state index in [9.17, 15) is 14.9 Å². The molecular weight excluding hydrogens is 280 g/mol. The maximum absolute atomic E-state index is 12.7. The number of allylic oxidation sites excluding steroid dienone is 1. The molecule has 2 saturated carbocycles. The van der Waals surface area contributed by atoms with E-state index in [1.165, 1.54) is 12.1 Å². The maximum Gasteiger partial charge on any atom is 0.269 e. The number of non-ortho nitro benzene ring substituents is 1. The standard InChI is InChI=1S/C17H20N2O3/c1-16(2)14-8-9-17(16,3)15(20)13(14)10-18-11-4-6-12(7-5-11)19(21)22/h4-7,10,14,18H,8-9H2,1-3H3/b13-10-/t14-,17-/m1/s1. The summed E-state index contributed by atoms with van der Waals surface area (Å²) in [4.78, 5) is 22.9. The van der Waals surface area contributed by atoms with Crippen molar-refractivity contribution in [1.82, 2.24) is 0 Å². The van der Waals surface area contributed by atoms with Crippen LogP contribution in [-0.4, -0.2) is 10.7 Å². The van der Waals surface area contributed by atoms with E-state index in [0.717, 1.165) is 24.1 Å². The van der Waals surface area contributed by atoms with Crippen LogP contribution in [0.25, 0.3) is 0 Å². The first-order valence-electron chi connectivity index (χ1n) is 7.53. The maximum atomic E-state index is 12.7. The number of nitro benzene ring substituents is 1. The summed E-state index contributed by atoms with van der Waals surface area (Å²) < 4.78 is 0. The number of nitrogens with zero attached hydrogens (tertiary/aromatic N) is 1. The van der Waals surface area contributed by atoms with Gasteiger partial charge in [0.15, 0.2) is 5.78 Å². The molecule has 2 atom stereocenters. The zero-order valence-corrected chi connectivity index (χ0v) is 13.1. The van der Waals surface area contributed by atoms with Crippen molar-refractivity contribution >= 4 is 17.2 Å². The lowest BCUT2D eigenvalue weighted by Crippen LogP contribution is -2.32. The molecule has 0 heterocycles. The first kappa shape index (κ1) is 14.8. The molecule has 116 valence electrons. The molecule has 5 nitrogen and oxygen atoms in total. The molecule has 0 aromatic heterocycles. The summed E-state index contributed by atoms with van der Waals surface area (Å²) in [7, 11) is 0. The molecule has 0 aliphatic heterocycles. The minimum absolute atomic E-state index is 0.00687. The summed E-state index contributed by atoms with van der Waals surface area (Å²) in [5, 5.41) is 13.8. The smallest absolute Gasteiger partial charge is 0.269 e. The third kappa shape index (κ3) is 1.88. The number of Topliss-reactive ketones (excluding diaryl/α,β-unsaturated/α-hetero) is 1. The molecule has 0 spiro atoms. The normalized spacial score (nSPS) is 30.8. The van der Waals surface area contributed by atoms with Gasteiger partial charge in [0.05, 0.1) is 4.92 Å². The van der Waals surface area contributed by atoms with Crippen molar-refractivity contribution in [2.24, 2.45) is 16.7 Å². The van der Waals surface area contributed by atoms with E-state index in [0.29, 0.717) is 0 Å². The first-order valence-corrected chi connectivity index (χ1v) is 7.53. The molecule has 2 fully saturated rings. The van der Waals surface area contributed by atoms with Gasteiger partial charge in [0.25, 0.3) is 5.69 Å². The van der Waals surface area contributed by atoms with Crippen LogP contribution >= 0.6 is 0 Å². The van der Waals surface area contributed by atoms with Gasteiger partial charge in [-0.1, -0.05) is 20.8 Å². The number of nitro groups is 1. The zero-order valence-electron chi connectivity index (χ0n) is 13.1. The second kappa shape index (κ2) is 4.66. The van der Waals surface area contributed by atoms with Crippen LogP contribution in [0.5, 0.6) is 0 Å². The monoisotopic (exact) mass is 300 g/mol. The van der Waals surface area contributed by atoms with E-state index in [4.69, 9.17) is 0 Å². The van der Waals surface area contributed by atoms with E-state index < -0.39 is 4.92 Å². The highest BCUT2D eigenvalue weighted by molar-refractivity contribution is 6.04. The summed E-state index contributed by atoms with van der Waals surface area (Å²) >= 11 is 0. The van der Waals surface area contributed by atoms with E-state index in [1.54, 1.807) is 18.3 Å². The van der Waals surface area contributed by atoms with E-state index in [1.807, 2.05) is 0 Å². The highest BCUT2D eigenvalue weighted by atomic mass is 16.6. The van der Waals surface area contributed by atoms with Crippen LogP contribution in [0.3, 0.4) is 0 Å². The Balaban J connectivity index is 1.82.